The molecule has 4 saturated carbocycles. The quantitative estimate of drug-likeness (QED) is 0.510. The maximum Gasteiger partial charge on any atom is 0.233 e. The summed E-state index contributed by atoms with van der Waals surface area (Å²) in [5, 5.41) is 2.81. The summed E-state index contributed by atoms with van der Waals surface area (Å²) in [5.74, 6) is 4.85. The standard InChI is InChI=1S/C29H38N2O3/c1-34-24-6-4-5-17-7-8-18-15-31(16-22(18)25(17)24)14-3-2-13-29-23-12-11-21(19-9-10-20(19)23)26(29)27(32)30-28(29)33/h4-6,18-23,26H,2-3,7-16H2,1H3,(H,30,32,33)/t18-,19?,20?,21?,22-,23?,26?,29?/m1/s1. The SMILES string of the molecule is COc1cccc2c1[C@@H]1CN(CCCCC34C(=O)NC(=O)C3C3CCC4C4CCC43)C[C@H]1CC2. The Morgan fingerprint density at radius 2 is 1.88 bits per heavy atom. The first kappa shape index (κ1) is 21.4. The van der Waals surface area contributed by atoms with Gasteiger partial charge in [0.2, 0.25) is 11.8 Å². The van der Waals surface area contributed by atoms with Gasteiger partial charge in [-0.05, 0) is 99.1 Å². The van der Waals surface area contributed by atoms with Crippen molar-refractivity contribution in [1.82, 2.24) is 10.2 Å². The molecule has 6 unspecified atom stereocenters. The number of nitrogens with one attached hydrogen (secondary N) is 1. The Bertz CT molecular complexity index is 1010. The number of unbranched alkanes of at least 4 members (excludes halogenated alkanes) is 1. The maximum absolute atomic E-state index is 13.3. The number of hydrogen-bond acceptors (Lipinski definition) is 4. The number of nitrogens with zero attached hydrogens (tertiary/aromatic N) is 1. The average Bonchev–Trinajstić information content (AvgIpc) is 3.35. The Morgan fingerprint density at radius 1 is 1.03 bits per heavy atom. The van der Waals surface area contributed by atoms with Crippen LogP contribution in [0, 0.1) is 40.9 Å². The summed E-state index contributed by atoms with van der Waals surface area (Å²) in [6, 6.07) is 6.54. The van der Waals surface area contributed by atoms with Crippen LogP contribution >= 0.6 is 0 Å². The predicted molar refractivity (Wildman–Crippen MR) is 129 cm³/mol. The fourth-order valence-corrected chi connectivity index (χ4v) is 9.81. The van der Waals surface area contributed by atoms with Crippen molar-refractivity contribution in [2.45, 2.75) is 63.7 Å². The van der Waals surface area contributed by atoms with Crippen LogP contribution in [0.4, 0.5) is 0 Å². The lowest BCUT2D eigenvalue weighted by molar-refractivity contribution is -0.181. The Hall–Kier alpha value is -1.88. The lowest BCUT2D eigenvalue weighted by Crippen LogP contribution is -2.62. The molecule has 34 heavy (non-hydrogen) atoms. The van der Waals surface area contributed by atoms with E-state index in [4.69, 9.17) is 4.74 Å². The highest BCUT2D eigenvalue weighted by Crippen LogP contribution is 2.69. The van der Waals surface area contributed by atoms with Gasteiger partial charge in [-0.2, -0.15) is 0 Å². The van der Waals surface area contributed by atoms with Crippen LogP contribution in [0.25, 0.3) is 0 Å². The van der Waals surface area contributed by atoms with Crippen molar-refractivity contribution in [1.29, 1.82) is 0 Å². The van der Waals surface area contributed by atoms with Crippen LogP contribution in [-0.4, -0.2) is 43.5 Å². The summed E-state index contributed by atoms with van der Waals surface area (Å²) < 4.78 is 5.74. The van der Waals surface area contributed by atoms with Crippen molar-refractivity contribution in [3.63, 3.8) is 0 Å². The first-order chi connectivity index (χ1) is 16.6. The first-order valence-corrected chi connectivity index (χ1v) is 13.8. The smallest absolute Gasteiger partial charge is 0.233 e. The van der Waals surface area contributed by atoms with E-state index in [9.17, 15) is 9.59 Å². The summed E-state index contributed by atoms with van der Waals surface area (Å²) in [4.78, 5) is 28.8. The molecule has 6 fully saturated rings. The fourth-order valence-electron chi connectivity index (χ4n) is 9.81. The Labute approximate surface area is 203 Å². The van der Waals surface area contributed by atoms with Crippen molar-refractivity contribution < 1.29 is 14.3 Å². The molecule has 8 atom stereocenters. The number of methoxy groups -OCH3 is 1. The van der Waals surface area contributed by atoms with Crippen LogP contribution in [0.5, 0.6) is 5.75 Å². The highest BCUT2D eigenvalue weighted by molar-refractivity contribution is 6.08. The molecule has 7 aliphatic rings. The minimum atomic E-state index is -0.382. The largest absolute Gasteiger partial charge is 0.496 e. The predicted octanol–water partition coefficient (Wildman–Crippen LogP) is 4.15. The first-order valence-electron chi connectivity index (χ1n) is 13.8. The molecule has 5 nitrogen and oxygen atoms in total. The van der Waals surface area contributed by atoms with Crippen molar-refractivity contribution in [3.05, 3.63) is 29.3 Å². The molecule has 2 bridgehead atoms. The van der Waals surface area contributed by atoms with Gasteiger partial charge in [-0.15, -0.1) is 0 Å². The van der Waals surface area contributed by atoms with Crippen molar-refractivity contribution >= 4 is 11.8 Å². The Kier molecular flexibility index (Phi) is 4.92. The summed E-state index contributed by atoms with van der Waals surface area (Å²) in [7, 11) is 1.80. The van der Waals surface area contributed by atoms with E-state index in [0.29, 0.717) is 23.7 Å². The number of carbonyl (C=O) groups is 2. The van der Waals surface area contributed by atoms with Crippen LogP contribution in [0.2, 0.25) is 0 Å². The molecule has 182 valence electrons. The number of benzene rings is 1. The van der Waals surface area contributed by atoms with Crippen LogP contribution < -0.4 is 10.1 Å². The molecule has 5 aliphatic carbocycles. The van der Waals surface area contributed by atoms with E-state index in [1.807, 2.05) is 0 Å². The molecule has 2 heterocycles. The number of imide groups is 1. The van der Waals surface area contributed by atoms with E-state index in [1.54, 1.807) is 7.11 Å². The fraction of sp³-hybridized carbons (Fsp3) is 0.724. The molecule has 0 radical (unpaired) electrons. The molecule has 5 heteroatoms. The third-order valence-corrected chi connectivity index (χ3v) is 11.2. The second kappa shape index (κ2) is 7.81. The molecule has 0 spiro atoms. The second-order valence-corrected chi connectivity index (χ2v) is 12.2. The monoisotopic (exact) mass is 462 g/mol. The molecule has 8 rings (SSSR count). The van der Waals surface area contributed by atoms with Gasteiger partial charge in [0.25, 0.3) is 0 Å². The minimum absolute atomic E-state index is 0.0288. The van der Waals surface area contributed by atoms with E-state index in [-0.39, 0.29) is 23.1 Å². The third-order valence-electron chi connectivity index (χ3n) is 11.2. The summed E-state index contributed by atoms with van der Waals surface area (Å²) in [5.41, 5.74) is 2.55. The van der Waals surface area contributed by atoms with Crippen LogP contribution in [0.3, 0.4) is 0 Å². The number of fused-ring (bicyclic) bond motifs is 4. The van der Waals surface area contributed by atoms with E-state index in [1.165, 1.54) is 56.2 Å². The molecular formula is C29H38N2O3. The number of likely N-dealkylation sites (tertiary alicyclic amines) is 1. The molecule has 1 aromatic carbocycles. The minimum Gasteiger partial charge on any atom is -0.496 e. The van der Waals surface area contributed by atoms with Gasteiger partial charge in [-0.3, -0.25) is 14.9 Å². The number of ether oxygens (including phenoxy) is 1. The van der Waals surface area contributed by atoms with Crippen LogP contribution in [-0.2, 0) is 16.0 Å². The molecule has 1 aromatic rings. The Morgan fingerprint density at radius 3 is 2.71 bits per heavy atom. The molecule has 2 amide bonds. The van der Waals surface area contributed by atoms with E-state index in [0.717, 1.165) is 49.9 Å². The maximum atomic E-state index is 13.3. The van der Waals surface area contributed by atoms with Crippen LogP contribution in [0.1, 0.15) is 68.4 Å². The van der Waals surface area contributed by atoms with Gasteiger partial charge < -0.3 is 9.64 Å². The van der Waals surface area contributed by atoms with E-state index < -0.39 is 0 Å². The van der Waals surface area contributed by atoms with Gasteiger partial charge in [-0.1, -0.05) is 18.6 Å². The molecule has 0 aromatic heterocycles. The summed E-state index contributed by atoms with van der Waals surface area (Å²) >= 11 is 0. The number of rotatable bonds is 6. The molecule has 2 aliphatic heterocycles. The van der Waals surface area contributed by atoms with Crippen molar-refractivity contribution in [3.8, 4) is 5.75 Å². The molecular weight excluding hydrogens is 424 g/mol. The zero-order valence-electron chi connectivity index (χ0n) is 20.4. The summed E-state index contributed by atoms with van der Waals surface area (Å²) in [6.07, 6.45) is 10.4. The van der Waals surface area contributed by atoms with Gasteiger partial charge >= 0.3 is 0 Å². The van der Waals surface area contributed by atoms with E-state index >= 15 is 0 Å². The average molecular weight is 463 g/mol. The molecule has 2 saturated heterocycles. The second-order valence-electron chi connectivity index (χ2n) is 12.2. The van der Waals surface area contributed by atoms with Gasteiger partial charge in [0.15, 0.2) is 0 Å². The number of amides is 2. The van der Waals surface area contributed by atoms with Gasteiger partial charge in [0.05, 0.1) is 18.4 Å². The van der Waals surface area contributed by atoms with Crippen molar-refractivity contribution in [2.75, 3.05) is 26.7 Å². The van der Waals surface area contributed by atoms with Gasteiger partial charge in [0, 0.05) is 24.6 Å². The number of hydrogen-bond donors (Lipinski definition) is 1. The zero-order chi connectivity index (χ0) is 23.0. The van der Waals surface area contributed by atoms with Gasteiger partial charge in [0.1, 0.15) is 5.75 Å². The van der Waals surface area contributed by atoms with Crippen LogP contribution in [0.15, 0.2) is 18.2 Å². The van der Waals surface area contributed by atoms with E-state index in [2.05, 4.69) is 28.4 Å². The highest BCUT2D eigenvalue weighted by Gasteiger charge is 2.71. The number of carbonyl (C=O) groups excluding carboxylic acids is 2. The Balaban J connectivity index is 1.02. The molecule has 1 N–H and O–H groups in total. The lowest BCUT2D eigenvalue weighted by atomic mass is 9.39. The third kappa shape index (κ3) is 2.82. The zero-order valence-corrected chi connectivity index (χ0v) is 20.4. The topological polar surface area (TPSA) is 58.6 Å². The summed E-state index contributed by atoms with van der Waals surface area (Å²) in [6.45, 7) is 3.41. The van der Waals surface area contributed by atoms with Gasteiger partial charge in [-0.25, -0.2) is 0 Å². The lowest BCUT2D eigenvalue weighted by Gasteiger charge is -2.63. The number of aryl methyl sites for hydroxylation is 1. The highest BCUT2D eigenvalue weighted by atomic mass is 16.5. The van der Waals surface area contributed by atoms with Crippen molar-refractivity contribution in [2.24, 2.45) is 40.9 Å². The normalized spacial score (nSPS) is 41.9.